The Labute approximate surface area is 116 Å². The molecular weight excluding hydrogens is 255 g/mol. The van der Waals surface area contributed by atoms with E-state index in [2.05, 4.69) is 0 Å². The van der Waals surface area contributed by atoms with E-state index >= 15 is 0 Å². The van der Waals surface area contributed by atoms with Gasteiger partial charge in [0.15, 0.2) is 0 Å². The molecule has 2 aromatic carbocycles. The predicted molar refractivity (Wildman–Crippen MR) is 73.4 cm³/mol. The molecule has 0 saturated heterocycles. The molecule has 1 aliphatic heterocycles. The summed E-state index contributed by atoms with van der Waals surface area (Å²) in [6, 6.07) is 10.5. The fourth-order valence-corrected chi connectivity index (χ4v) is 3.37. The lowest BCUT2D eigenvalue weighted by molar-refractivity contribution is 0.0828. The highest BCUT2D eigenvalue weighted by atomic mass is 19.1. The van der Waals surface area contributed by atoms with Crippen LogP contribution < -0.4 is 4.74 Å². The third kappa shape index (κ3) is 1.59. The minimum atomic E-state index is -0.999. The van der Waals surface area contributed by atoms with Gasteiger partial charge in [0.05, 0.1) is 6.61 Å². The molecule has 0 fully saturated rings. The summed E-state index contributed by atoms with van der Waals surface area (Å²) in [6.07, 6.45) is 2.19. The first-order chi connectivity index (χ1) is 9.67. The number of fused-ring (bicyclic) bond motifs is 2. The van der Waals surface area contributed by atoms with Gasteiger partial charge in [-0.3, -0.25) is 0 Å². The molecule has 102 valence electrons. The summed E-state index contributed by atoms with van der Waals surface area (Å²) in [5.41, 5.74) is 2.77. The van der Waals surface area contributed by atoms with Crippen molar-refractivity contribution in [2.24, 2.45) is 0 Å². The van der Waals surface area contributed by atoms with E-state index in [1.54, 1.807) is 6.07 Å². The SMILES string of the molecule is OC1(c2ccc3c(c2)CCO3)CCc2cc(F)ccc21. The molecule has 1 aliphatic carbocycles. The Hall–Kier alpha value is -1.87. The van der Waals surface area contributed by atoms with Crippen LogP contribution in [0.5, 0.6) is 5.75 Å². The quantitative estimate of drug-likeness (QED) is 0.863. The molecule has 1 atom stereocenters. The van der Waals surface area contributed by atoms with Gasteiger partial charge in [-0.05, 0) is 59.4 Å². The van der Waals surface area contributed by atoms with Gasteiger partial charge in [0.2, 0.25) is 0 Å². The lowest BCUT2D eigenvalue weighted by Gasteiger charge is -2.25. The highest BCUT2D eigenvalue weighted by molar-refractivity contribution is 5.49. The molecule has 0 amide bonds. The first kappa shape index (κ1) is 11.9. The number of halogens is 1. The number of rotatable bonds is 1. The number of aliphatic hydroxyl groups is 1. The van der Waals surface area contributed by atoms with Crippen LogP contribution in [-0.2, 0) is 18.4 Å². The Balaban J connectivity index is 1.83. The van der Waals surface area contributed by atoms with Gasteiger partial charge in [-0.1, -0.05) is 12.1 Å². The van der Waals surface area contributed by atoms with E-state index in [9.17, 15) is 9.50 Å². The van der Waals surface area contributed by atoms with Gasteiger partial charge in [-0.25, -0.2) is 4.39 Å². The van der Waals surface area contributed by atoms with Crippen LogP contribution in [0.1, 0.15) is 28.7 Å². The Morgan fingerprint density at radius 3 is 2.85 bits per heavy atom. The average Bonchev–Trinajstić information content (AvgIpc) is 3.03. The maximum atomic E-state index is 13.3. The van der Waals surface area contributed by atoms with Crippen molar-refractivity contribution in [3.63, 3.8) is 0 Å². The summed E-state index contributed by atoms with van der Waals surface area (Å²) in [5, 5.41) is 11.1. The first-order valence-corrected chi connectivity index (χ1v) is 6.94. The van der Waals surface area contributed by atoms with Gasteiger partial charge in [0.1, 0.15) is 17.2 Å². The third-order valence-corrected chi connectivity index (χ3v) is 4.44. The maximum Gasteiger partial charge on any atom is 0.123 e. The largest absolute Gasteiger partial charge is 0.493 e. The number of hydrogen-bond acceptors (Lipinski definition) is 2. The number of benzene rings is 2. The summed E-state index contributed by atoms with van der Waals surface area (Å²) in [5.74, 6) is 0.671. The molecular formula is C17H15FO2. The van der Waals surface area contributed by atoms with Crippen molar-refractivity contribution in [1.29, 1.82) is 0 Å². The maximum absolute atomic E-state index is 13.3. The highest BCUT2D eigenvalue weighted by Gasteiger charge is 2.38. The number of ether oxygens (including phenoxy) is 1. The molecule has 2 nitrogen and oxygen atoms in total. The molecule has 0 saturated carbocycles. The summed E-state index contributed by atoms with van der Waals surface area (Å²) in [6.45, 7) is 0.707. The van der Waals surface area contributed by atoms with Gasteiger partial charge in [0, 0.05) is 6.42 Å². The lowest BCUT2D eigenvalue weighted by atomic mass is 9.87. The van der Waals surface area contributed by atoms with Crippen molar-refractivity contribution in [2.75, 3.05) is 6.61 Å². The second-order valence-corrected chi connectivity index (χ2v) is 5.58. The minimum absolute atomic E-state index is 0.240. The van der Waals surface area contributed by atoms with Gasteiger partial charge in [0.25, 0.3) is 0 Å². The van der Waals surface area contributed by atoms with E-state index in [0.717, 1.165) is 34.4 Å². The van der Waals surface area contributed by atoms with Crippen molar-refractivity contribution >= 4 is 0 Å². The van der Waals surface area contributed by atoms with Crippen LogP contribution in [-0.4, -0.2) is 11.7 Å². The van der Waals surface area contributed by atoms with Crippen molar-refractivity contribution in [1.82, 2.24) is 0 Å². The standard InChI is InChI=1S/C17H15FO2/c18-14-2-3-15-11(10-14)5-7-17(15,19)13-1-4-16-12(9-13)6-8-20-16/h1-4,9-10,19H,5-8H2. The predicted octanol–water partition coefficient (Wildman–Crippen LogP) is 2.94. The summed E-state index contributed by atoms with van der Waals surface area (Å²) in [7, 11) is 0. The molecule has 0 bridgehead atoms. The molecule has 4 rings (SSSR count). The van der Waals surface area contributed by atoms with Crippen molar-refractivity contribution in [3.05, 3.63) is 64.5 Å². The zero-order chi connectivity index (χ0) is 13.7. The molecule has 0 aromatic heterocycles. The molecule has 2 aromatic rings. The summed E-state index contributed by atoms with van der Waals surface area (Å²) < 4.78 is 18.8. The Bertz CT molecular complexity index is 695. The molecule has 1 N–H and O–H groups in total. The van der Waals surface area contributed by atoms with Crippen LogP contribution in [0.4, 0.5) is 4.39 Å². The molecule has 1 unspecified atom stereocenters. The van der Waals surface area contributed by atoms with Crippen molar-refractivity contribution < 1.29 is 14.2 Å². The van der Waals surface area contributed by atoms with Crippen molar-refractivity contribution in [3.8, 4) is 5.75 Å². The van der Waals surface area contributed by atoms with Crippen LogP contribution in [0.25, 0.3) is 0 Å². The lowest BCUT2D eigenvalue weighted by Crippen LogP contribution is -2.24. The fourth-order valence-electron chi connectivity index (χ4n) is 3.37. The van der Waals surface area contributed by atoms with Crippen molar-refractivity contribution in [2.45, 2.75) is 24.9 Å². The number of aryl methyl sites for hydroxylation is 1. The Morgan fingerprint density at radius 1 is 1.05 bits per heavy atom. The average molecular weight is 270 g/mol. The number of hydrogen-bond donors (Lipinski definition) is 1. The molecule has 0 spiro atoms. The fraction of sp³-hybridized carbons (Fsp3) is 0.294. The van der Waals surface area contributed by atoms with Gasteiger partial charge >= 0.3 is 0 Å². The second-order valence-electron chi connectivity index (χ2n) is 5.58. The Kier molecular flexibility index (Phi) is 2.42. The van der Waals surface area contributed by atoms with E-state index in [1.807, 2.05) is 18.2 Å². The van der Waals surface area contributed by atoms with E-state index < -0.39 is 5.60 Å². The third-order valence-electron chi connectivity index (χ3n) is 4.44. The van der Waals surface area contributed by atoms with Crippen LogP contribution in [0.3, 0.4) is 0 Å². The zero-order valence-electron chi connectivity index (χ0n) is 11.0. The summed E-state index contributed by atoms with van der Waals surface area (Å²) >= 11 is 0. The van der Waals surface area contributed by atoms with Gasteiger partial charge in [-0.2, -0.15) is 0 Å². The normalized spacial score (nSPS) is 23.3. The summed E-state index contributed by atoms with van der Waals surface area (Å²) in [4.78, 5) is 0. The van der Waals surface area contributed by atoms with Gasteiger partial charge in [-0.15, -0.1) is 0 Å². The zero-order valence-corrected chi connectivity index (χ0v) is 11.0. The molecule has 3 heteroatoms. The van der Waals surface area contributed by atoms with Crippen LogP contribution in [0.2, 0.25) is 0 Å². The highest BCUT2D eigenvalue weighted by Crippen LogP contribution is 2.43. The Morgan fingerprint density at radius 2 is 1.95 bits per heavy atom. The topological polar surface area (TPSA) is 29.5 Å². The monoisotopic (exact) mass is 270 g/mol. The molecule has 20 heavy (non-hydrogen) atoms. The minimum Gasteiger partial charge on any atom is -0.493 e. The second kappa shape index (κ2) is 4.06. The van der Waals surface area contributed by atoms with Gasteiger partial charge < -0.3 is 9.84 Å². The molecule has 0 radical (unpaired) electrons. The first-order valence-electron chi connectivity index (χ1n) is 6.94. The van der Waals surface area contributed by atoms with Crippen LogP contribution in [0, 0.1) is 5.82 Å². The smallest absolute Gasteiger partial charge is 0.123 e. The van der Waals surface area contributed by atoms with E-state index in [1.165, 1.54) is 12.1 Å². The van der Waals surface area contributed by atoms with E-state index in [4.69, 9.17) is 4.74 Å². The van der Waals surface area contributed by atoms with Crippen LogP contribution >= 0.6 is 0 Å². The van der Waals surface area contributed by atoms with E-state index in [-0.39, 0.29) is 5.82 Å². The molecule has 1 heterocycles. The van der Waals surface area contributed by atoms with Crippen LogP contribution in [0.15, 0.2) is 36.4 Å². The van der Waals surface area contributed by atoms with E-state index in [0.29, 0.717) is 19.4 Å². The molecule has 2 aliphatic rings.